The molecule has 1 atom stereocenters. The standard InChI is InChI=1S/C11H16N2O2/c12-8-4-7-11(13,10(14)15)9-5-2-1-3-6-9/h1-3,5-6H,4,7-8,12-13H2,(H,14,15)/p+1/t11-/m1/s1. The van der Waals surface area contributed by atoms with E-state index < -0.39 is 11.5 Å². The molecule has 0 saturated heterocycles. The first-order chi connectivity index (χ1) is 7.11. The molecule has 0 aliphatic heterocycles. The molecule has 0 aromatic heterocycles. The van der Waals surface area contributed by atoms with Gasteiger partial charge in [0.1, 0.15) is 5.97 Å². The number of aliphatic carboxylic acids is 1. The summed E-state index contributed by atoms with van der Waals surface area (Å²) in [5, 5.41) is 11.1. The van der Waals surface area contributed by atoms with Crippen LogP contribution in [0.25, 0.3) is 0 Å². The molecule has 1 rings (SSSR count). The third-order valence-corrected chi connectivity index (χ3v) is 2.57. The van der Waals surface area contributed by atoms with E-state index in [9.17, 15) is 9.90 Å². The summed E-state index contributed by atoms with van der Waals surface area (Å²) < 4.78 is 0. The zero-order valence-corrected chi connectivity index (χ0v) is 8.74. The molecule has 0 radical (unpaired) electrons. The summed E-state index contributed by atoms with van der Waals surface area (Å²) in [7, 11) is 0. The van der Waals surface area contributed by atoms with Crippen molar-refractivity contribution < 1.29 is 21.4 Å². The molecule has 0 spiro atoms. The van der Waals surface area contributed by atoms with E-state index in [0.717, 1.165) is 6.42 Å². The lowest BCUT2D eigenvalue weighted by Crippen LogP contribution is -2.77. The van der Waals surface area contributed by atoms with E-state index in [1.165, 1.54) is 0 Å². The highest BCUT2D eigenvalue weighted by atomic mass is 16.4. The molecule has 0 unspecified atom stereocenters. The van der Waals surface area contributed by atoms with Crippen LogP contribution in [-0.4, -0.2) is 12.5 Å². The number of carboxylic acid groups (broad SMARTS) is 1. The Morgan fingerprint density at radius 2 is 1.93 bits per heavy atom. The molecule has 0 fully saturated rings. The van der Waals surface area contributed by atoms with E-state index in [0.29, 0.717) is 18.5 Å². The van der Waals surface area contributed by atoms with Crippen molar-refractivity contribution in [3.8, 4) is 0 Å². The van der Waals surface area contributed by atoms with E-state index in [1.807, 2.05) is 18.2 Å². The van der Waals surface area contributed by atoms with Crippen LogP contribution in [0.1, 0.15) is 18.4 Å². The van der Waals surface area contributed by atoms with Crippen LogP contribution in [0.2, 0.25) is 0 Å². The molecule has 0 amide bonds. The maximum atomic E-state index is 11.1. The zero-order valence-electron chi connectivity index (χ0n) is 8.74. The Bertz CT molecular complexity index is 327. The number of hydrogen-bond donors (Lipinski definition) is 2. The van der Waals surface area contributed by atoms with Gasteiger partial charge in [-0.15, -0.1) is 0 Å². The highest BCUT2D eigenvalue weighted by Crippen LogP contribution is 2.20. The lowest BCUT2D eigenvalue weighted by Gasteiger charge is -2.26. The van der Waals surface area contributed by atoms with Gasteiger partial charge in [0.05, 0.1) is 6.54 Å². The summed E-state index contributed by atoms with van der Waals surface area (Å²) in [6, 6.07) is 9.00. The van der Waals surface area contributed by atoms with Gasteiger partial charge in [-0.25, -0.2) is 0 Å². The van der Waals surface area contributed by atoms with Crippen molar-refractivity contribution in [1.29, 1.82) is 0 Å². The molecule has 4 heteroatoms. The Morgan fingerprint density at radius 3 is 2.40 bits per heavy atom. The molecule has 0 bridgehead atoms. The first-order valence-electron chi connectivity index (χ1n) is 5.03. The average molecular weight is 209 g/mol. The first kappa shape index (κ1) is 11.7. The number of carbonyl (C=O) groups excluding carboxylic acids is 1. The fourth-order valence-electron chi connectivity index (χ4n) is 1.55. The summed E-state index contributed by atoms with van der Waals surface area (Å²) in [5.74, 6) is -1.12. The fourth-order valence-corrected chi connectivity index (χ4v) is 1.55. The van der Waals surface area contributed by atoms with Crippen LogP contribution in [0.5, 0.6) is 0 Å². The molecule has 4 nitrogen and oxygen atoms in total. The topological polar surface area (TPSA) is 95.4 Å². The van der Waals surface area contributed by atoms with Crippen molar-refractivity contribution in [3.05, 3.63) is 35.9 Å². The van der Waals surface area contributed by atoms with Crippen LogP contribution in [0.4, 0.5) is 0 Å². The van der Waals surface area contributed by atoms with Crippen LogP contribution >= 0.6 is 0 Å². The quantitative estimate of drug-likeness (QED) is 0.581. The summed E-state index contributed by atoms with van der Waals surface area (Å²) in [6.07, 6.45) is 1.19. The van der Waals surface area contributed by atoms with E-state index in [1.54, 1.807) is 12.1 Å². The molecule has 0 saturated carbocycles. The second-order valence-corrected chi connectivity index (χ2v) is 3.69. The molecular formula is C11H17N2O2+. The minimum atomic E-state index is -1.14. The number of rotatable bonds is 5. The highest BCUT2D eigenvalue weighted by molar-refractivity contribution is 5.76. The van der Waals surface area contributed by atoms with Gasteiger partial charge in [-0.05, 0) is 0 Å². The summed E-state index contributed by atoms with van der Waals surface area (Å²) in [6.45, 7) is 0.706. The van der Waals surface area contributed by atoms with Gasteiger partial charge in [0.2, 0.25) is 0 Å². The second kappa shape index (κ2) is 4.91. The molecule has 1 aromatic rings. The third kappa shape index (κ3) is 2.55. The Labute approximate surface area is 88.9 Å². The largest absolute Gasteiger partial charge is 0.543 e. The summed E-state index contributed by atoms with van der Waals surface area (Å²) in [4.78, 5) is 11.1. The van der Waals surface area contributed by atoms with Crippen LogP contribution in [-0.2, 0) is 10.3 Å². The molecule has 6 N–H and O–H groups in total. The van der Waals surface area contributed by atoms with E-state index in [2.05, 4.69) is 11.5 Å². The van der Waals surface area contributed by atoms with Gasteiger partial charge in [0, 0.05) is 18.4 Å². The monoisotopic (exact) mass is 209 g/mol. The van der Waals surface area contributed by atoms with Gasteiger partial charge in [-0.3, -0.25) is 0 Å². The molecule has 0 heterocycles. The minimum Gasteiger partial charge on any atom is -0.543 e. The maximum absolute atomic E-state index is 11.1. The maximum Gasteiger partial charge on any atom is 0.160 e. The Balaban J connectivity index is 2.96. The van der Waals surface area contributed by atoms with Crippen molar-refractivity contribution in [1.82, 2.24) is 0 Å². The summed E-state index contributed by atoms with van der Waals surface area (Å²) in [5.41, 5.74) is 7.04. The van der Waals surface area contributed by atoms with Crippen LogP contribution in [0, 0.1) is 0 Å². The van der Waals surface area contributed by atoms with Crippen LogP contribution < -0.4 is 16.6 Å². The zero-order chi connectivity index (χ0) is 11.3. The second-order valence-electron chi connectivity index (χ2n) is 3.69. The molecule has 82 valence electrons. The predicted molar refractivity (Wildman–Crippen MR) is 53.0 cm³/mol. The van der Waals surface area contributed by atoms with Crippen molar-refractivity contribution in [3.63, 3.8) is 0 Å². The molecule has 15 heavy (non-hydrogen) atoms. The number of hydrogen-bond acceptors (Lipinski definition) is 2. The normalized spacial score (nSPS) is 14.5. The fraction of sp³-hybridized carbons (Fsp3) is 0.364. The van der Waals surface area contributed by atoms with Crippen molar-refractivity contribution >= 4 is 5.97 Å². The van der Waals surface area contributed by atoms with Gasteiger partial charge in [-0.2, -0.15) is 0 Å². The van der Waals surface area contributed by atoms with Crippen LogP contribution in [0.3, 0.4) is 0 Å². The molecule has 0 aliphatic rings. The van der Waals surface area contributed by atoms with Gasteiger partial charge in [-0.1, -0.05) is 30.3 Å². The average Bonchev–Trinajstić information content (AvgIpc) is 2.27. The van der Waals surface area contributed by atoms with Crippen molar-refractivity contribution in [2.24, 2.45) is 0 Å². The first-order valence-corrected chi connectivity index (χ1v) is 5.03. The molecule has 1 aromatic carbocycles. The SMILES string of the molecule is [NH3+]CCC[C@]([NH3+])(C(=O)[O-])c1ccccc1. The number of benzene rings is 1. The number of carbonyl (C=O) groups is 1. The Kier molecular flexibility index (Phi) is 3.82. The van der Waals surface area contributed by atoms with Gasteiger partial charge < -0.3 is 21.4 Å². The third-order valence-electron chi connectivity index (χ3n) is 2.57. The lowest BCUT2D eigenvalue weighted by molar-refractivity contribution is -0.498. The van der Waals surface area contributed by atoms with Crippen LogP contribution in [0.15, 0.2) is 30.3 Å². The molecule has 0 aliphatic carbocycles. The Hall–Kier alpha value is -1.39. The van der Waals surface area contributed by atoms with E-state index >= 15 is 0 Å². The number of quaternary nitrogens is 2. The van der Waals surface area contributed by atoms with E-state index in [4.69, 9.17) is 0 Å². The van der Waals surface area contributed by atoms with Crippen molar-refractivity contribution in [2.45, 2.75) is 18.4 Å². The smallest absolute Gasteiger partial charge is 0.160 e. The van der Waals surface area contributed by atoms with Crippen molar-refractivity contribution in [2.75, 3.05) is 6.54 Å². The van der Waals surface area contributed by atoms with E-state index in [-0.39, 0.29) is 0 Å². The Morgan fingerprint density at radius 1 is 1.33 bits per heavy atom. The van der Waals surface area contributed by atoms with Gasteiger partial charge in [0.25, 0.3) is 0 Å². The predicted octanol–water partition coefficient (Wildman–Crippen LogP) is -2.10. The van der Waals surface area contributed by atoms with Gasteiger partial charge in [0.15, 0.2) is 5.54 Å². The summed E-state index contributed by atoms with van der Waals surface area (Å²) >= 11 is 0. The molecular weight excluding hydrogens is 192 g/mol. The highest BCUT2D eigenvalue weighted by Gasteiger charge is 2.32. The number of carboxylic acids is 1. The van der Waals surface area contributed by atoms with Gasteiger partial charge >= 0.3 is 0 Å². The minimum absolute atomic E-state index is 0.461. The lowest BCUT2D eigenvalue weighted by atomic mass is 9.86.